The van der Waals surface area contributed by atoms with Gasteiger partial charge in [0.2, 0.25) is 0 Å². The van der Waals surface area contributed by atoms with Crippen LogP contribution in [0.25, 0.3) is 0 Å². The molecule has 0 N–H and O–H groups in total. The van der Waals surface area contributed by atoms with Crippen molar-refractivity contribution >= 4 is 18.4 Å². The molecule has 0 amide bonds. The minimum Gasteiger partial charge on any atom is -0.427 e. The van der Waals surface area contributed by atoms with Gasteiger partial charge < -0.3 is 4.74 Å². The van der Waals surface area contributed by atoms with E-state index in [1.165, 1.54) is 0 Å². The highest BCUT2D eigenvalue weighted by atomic mass is 35.5. The highest BCUT2D eigenvalue weighted by Gasteiger charge is 1.99. The molecule has 13 heavy (non-hydrogen) atoms. The van der Waals surface area contributed by atoms with Gasteiger partial charge in [0.25, 0.3) is 0 Å². The van der Waals surface area contributed by atoms with Crippen LogP contribution < -0.4 is 4.74 Å². The zero-order valence-corrected chi connectivity index (χ0v) is 8.56. The Morgan fingerprint density at radius 2 is 1.85 bits per heavy atom. The molecule has 2 nitrogen and oxygen atoms in total. The Hall–Kier alpha value is -1.02. The van der Waals surface area contributed by atoms with Crippen molar-refractivity contribution in [2.24, 2.45) is 0 Å². The van der Waals surface area contributed by atoms with E-state index < -0.39 is 0 Å². The second-order valence-electron chi connectivity index (χ2n) is 2.64. The summed E-state index contributed by atoms with van der Waals surface area (Å²) in [6.45, 7) is 3.77. The van der Waals surface area contributed by atoms with Crippen molar-refractivity contribution < 1.29 is 9.53 Å². The summed E-state index contributed by atoms with van der Waals surface area (Å²) >= 11 is 0. The van der Waals surface area contributed by atoms with Gasteiger partial charge in [-0.2, -0.15) is 0 Å². The largest absolute Gasteiger partial charge is 0.427 e. The third-order valence-corrected chi connectivity index (χ3v) is 1.54. The number of carbonyl (C=O) groups excluding carboxylic acids is 1. The molecular formula is C10H13ClO2. The van der Waals surface area contributed by atoms with E-state index in [1.54, 1.807) is 19.1 Å². The van der Waals surface area contributed by atoms with Crippen LogP contribution in [0, 0.1) is 6.92 Å². The fourth-order valence-corrected chi connectivity index (χ4v) is 0.810. The van der Waals surface area contributed by atoms with E-state index >= 15 is 0 Å². The molecule has 0 saturated carbocycles. The van der Waals surface area contributed by atoms with Crippen molar-refractivity contribution in [3.63, 3.8) is 0 Å². The predicted molar refractivity (Wildman–Crippen MR) is 54.4 cm³/mol. The van der Waals surface area contributed by atoms with Crippen LogP contribution in [0.2, 0.25) is 0 Å². The monoisotopic (exact) mass is 200 g/mol. The number of halogens is 1. The van der Waals surface area contributed by atoms with Crippen LogP contribution in [0.5, 0.6) is 5.75 Å². The van der Waals surface area contributed by atoms with Gasteiger partial charge in [0, 0.05) is 6.42 Å². The minimum atomic E-state index is -0.196. The lowest BCUT2D eigenvalue weighted by Gasteiger charge is -2.01. The highest BCUT2D eigenvalue weighted by Crippen LogP contribution is 2.11. The van der Waals surface area contributed by atoms with Gasteiger partial charge in [-0.15, -0.1) is 12.4 Å². The first-order valence-electron chi connectivity index (χ1n) is 3.99. The zero-order chi connectivity index (χ0) is 8.97. The van der Waals surface area contributed by atoms with E-state index in [0.717, 1.165) is 5.56 Å². The van der Waals surface area contributed by atoms with Crippen LogP contribution in [0.15, 0.2) is 24.3 Å². The summed E-state index contributed by atoms with van der Waals surface area (Å²) in [5.41, 5.74) is 1.16. The Labute approximate surface area is 84.3 Å². The van der Waals surface area contributed by atoms with E-state index in [0.29, 0.717) is 12.2 Å². The molecule has 1 rings (SSSR count). The molecule has 0 heterocycles. The van der Waals surface area contributed by atoms with Gasteiger partial charge in [0.05, 0.1) is 0 Å². The molecule has 0 spiro atoms. The van der Waals surface area contributed by atoms with Crippen molar-refractivity contribution in [1.82, 2.24) is 0 Å². The molecule has 0 saturated heterocycles. The minimum absolute atomic E-state index is 0. The van der Waals surface area contributed by atoms with Gasteiger partial charge in [0.15, 0.2) is 0 Å². The van der Waals surface area contributed by atoms with Crippen LogP contribution in [0.4, 0.5) is 0 Å². The molecule has 72 valence electrons. The standard InChI is InChI=1S/C10H12O2.ClH/c1-3-10(11)12-9-6-4-8(2)5-7-9;/h4-7H,3H2,1-2H3;1H. The van der Waals surface area contributed by atoms with Gasteiger partial charge >= 0.3 is 5.97 Å². The number of esters is 1. The molecule has 0 aliphatic rings. The smallest absolute Gasteiger partial charge is 0.310 e. The Kier molecular flexibility index (Phi) is 5.16. The number of hydrogen-bond acceptors (Lipinski definition) is 2. The maximum Gasteiger partial charge on any atom is 0.310 e. The fourth-order valence-electron chi connectivity index (χ4n) is 0.810. The number of aryl methyl sites for hydroxylation is 1. The summed E-state index contributed by atoms with van der Waals surface area (Å²) in [7, 11) is 0. The predicted octanol–water partition coefficient (Wildman–Crippen LogP) is 2.73. The number of rotatable bonds is 2. The third-order valence-electron chi connectivity index (χ3n) is 1.54. The molecule has 0 atom stereocenters. The van der Waals surface area contributed by atoms with Crippen molar-refractivity contribution in [2.45, 2.75) is 20.3 Å². The van der Waals surface area contributed by atoms with E-state index in [1.807, 2.05) is 19.1 Å². The third kappa shape index (κ3) is 3.95. The summed E-state index contributed by atoms with van der Waals surface area (Å²) in [4.78, 5) is 10.8. The van der Waals surface area contributed by atoms with Gasteiger partial charge in [-0.1, -0.05) is 24.6 Å². The summed E-state index contributed by atoms with van der Waals surface area (Å²) in [5.74, 6) is 0.423. The van der Waals surface area contributed by atoms with Crippen LogP contribution in [-0.4, -0.2) is 5.97 Å². The van der Waals surface area contributed by atoms with Gasteiger partial charge in [-0.05, 0) is 19.1 Å². The normalized spacial score (nSPS) is 8.77. The molecule has 0 fully saturated rings. The summed E-state index contributed by atoms with van der Waals surface area (Å²) in [6.07, 6.45) is 0.411. The first-order chi connectivity index (χ1) is 5.72. The van der Waals surface area contributed by atoms with Gasteiger partial charge in [-0.3, -0.25) is 4.79 Å². The molecule has 0 radical (unpaired) electrons. The highest BCUT2D eigenvalue weighted by molar-refractivity contribution is 5.85. The van der Waals surface area contributed by atoms with Crippen LogP contribution in [0.1, 0.15) is 18.9 Å². The van der Waals surface area contributed by atoms with Crippen molar-refractivity contribution in [3.8, 4) is 5.75 Å². The van der Waals surface area contributed by atoms with Gasteiger partial charge in [0.1, 0.15) is 5.75 Å². The number of carbonyl (C=O) groups is 1. The number of hydrogen-bond donors (Lipinski definition) is 0. The Morgan fingerprint density at radius 3 is 2.31 bits per heavy atom. The van der Waals surface area contributed by atoms with E-state index in [4.69, 9.17) is 4.74 Å². The Balaban J connectivity index is 0.00000144. The molecule has 0 unspecified atom stereocenters. The Bertz CT molecular complexity index is 267. The first-order valence-corrected chi connectivity index (χ1v) is 3.99. The average molecular weight is 201 g/mol. The summed E-state index contributed by atoms with van der Waals surface area (Å²) in [6, 6.07) is 7.42. The van der Waals surface area contributed by atoms with Crippen molar-refractivity contribution in [3.05, 3.63) is 29.8 Å². The lowest BCUT2D eigenvalue weighted by atomic mass is 10.2. The fraction of sp³-hybridized carbons (Fsp3) is 0.300. The molecule has 1 aromatic carbocycles. The molecule has 3 heteroatoms. The van der Waals surface area contributed by atoms with Crippen LogP contribution in [-0.2, 0) is 4.79 Å². The lowest BCUT2D eigenvalue weighted by Crippen LogP contribution is -2.05. The zero-order valence-electron chi connectivity index (χ0n) is 7.74. The molecule has 0 aromatic heterocycles. The second-order valence-corrected chi connectivity index (χ2v) is 2.64. The second kappa shape index (κ2) is 5.60. The molecule has 1 aromatic rings. The molecular weight excluding hydrogens is 188 g/mol. The number of benzene rings is 1. The van der Waals surface area contributed by atoms with E-state index in [-0.39, 0.29) is 18.4 Å². The SMILES string of the molecule is CCC(=O)Oc1ccc(C)cc1.Cl. The lowest BCUT2D eigenvalue weighted by molar-refractivity contribution is -0.134. The maximum atomic E-state index is 10.8. The first kappa shape index (κ1) is 12.0. The van der Waals surface area contributed by atoms with Crippen LogP contribution >= 0.6 is 12.4 Å². The number of ether oxygens (including phenoxy) is 1. The average Bonchev–Trinajstić information content (AvgIpc) is 2.09. The van der Waals surface area contributed by atoms with Crippen molar-refractivity contribution in [1.29, 1.82) is 0 Å². The van der Waals surface area contributed by atoms with Crippen LogP contribution in [0.3, 0.4) is 0 Å². The molecule has 0 bridgehead atoms. The van der Waals surface area contributed by atoms with E-state index in [9.17, 15) is 4.79 Å². The molecule has 0 aliphatic carbocycles. The molecule has 0 aliphatic heterocycles. The quantitative estimate of drug-likeness (QED) is 0.542. The Morgan fingerprint density at radius 1 is 1.31 bits per heavy atom. The van der Waals surface area contributed by atoms with Gasteiger partial charge in [-0.25, -0.2) is 0 Å². The van der Waals surface area contributed by atoms with Crippen molar-refractivity contribution in [2.75, 3.05) is 0 Å². The topological polar surface area (TPSA) is 26.3 Å². The van der Waals surface area contributed by atoms with E-state index in [2.05, 4.69) is 0 Å². The maximum absolute atomic E-state index is 10.8. The summed E-state index contributed by atoms with van der Waals surface area (Å²) in [5, 5.41) is 0. The summed E-state index contributed by atoms with van der Waals surface area (Å²) < 4.78 is 4.98.